The Hall–Kier alpha value is -2.52. The maximum atomic E-state index is 12.3. The predicted octanol–water partition coefficient (Wildman–Crippen LogP) is -3.94. The van der Waals surface area contributed by atoms with Crippen molar-refractivity contribution < 1.29 is 39.0 Å². The number of amides is 4. The Labute approximate surface area is 176 Å². The molecule has 0 saturated carbocycles. The van der Waals surface area contributed by atoms with E-state index < -0.39 is 72.6 Å². The molecule has 0 radical (unpaired) electrons. The maximum Gasteiger partial charge on any atom is 0.326 e. The number of nitrogens with one attached hydrogen (secondary N) is 3. The van der Waals surface area contributed by atoms with Gasteiger partial charge in [-0.1, -0.05) is 0 Å². The molecule has 0 heterocycles. The van der Waals surface area contributed by atoms with Crippen LogP contribution in [-0.4, -0.2) is 81.5 Å². The van der Waals surface area contributed by atoms with Crippen molar-refractivity contribution >= 4 is 60.8 Å². The lowest BCUT2D eigenvalue weighted by molar-refractivity contribution is -0.147. The van der Waals surface area contributed by atoms with Crippen LogP contribution in [0, 0.1) is 0 Å². The molecule has 0 aliphatic carbocycles. The summed E-state index contributed by atoms with van der Waals surface area (Å²) in [5, 5.41) is 24.1. The lowest BCUT2D eigenvalue weighted by Crippen LogP contribution is -2.58. The minimum atomic E-state index is -1.72. The van der Waals surface area contributed by atoms with Crippen LogP contribution in [0.15, 0.2) is 0 Å². The smallest absolute Gasteiger partial charge is 0.326 e. The van der Waals surface area contributed by atoms with Gasteiger partial charge >= 0.3 is 11.9 Å². The molecular weight excluding hydrogens is 430 g/mol. The standard InChI is InChI=1S/C14H23N5O8S2/c15-5(1-9(16)20)11(23)18-7(3-28)13(25)19-8(4-29)12(24)17-6(14(26)27)2-10(21)22/h5-8,28-29H,1-4,15H2,(H2,16,20)(H,17,24)(H,18,23)(H,19,25)(H,21,22)(H,26,27). The molecule has 0 fully saturated rings. The quantitative estimate of drug-likeness (QED) is 0.124. The zero-order chi connectivity index (χ0) is 22.7. The van der Waals surface area contributed by atoms with E-state index >= 15 is 0 Å². The molecule has 4 unspecified atom stereocenters. The van der Waals surface area contributed by atoms with E-state index in [9.17, 15) is 28.8 Å². The van der Waals surface area contributed by atoms with Gasteiger partial charge in [0.05, 0.1) is 18.9 Å². The number of carbonyl (C=O) groups is 6. The van der Waals surface area contributed by atoms with Gasteiger partial charge in [-0.15, -0.1) is 0 Å². The van der Waals surface area contributed by atoms with Crippen molar-refractivity contribution in [3.63, 3.8) is 0 Å². The first-order valence-corrected chi connectivity index (χ1v) is 9.30. The zero-order valence-electron chi connectivity index (χ0n) is 15.0. The number of thiol groups is 2. The number of carboxylic acid groups (broad SMARTS) is 2. The van der Waals surface area contributed by atoms with Crippen molar-refractivity contribution in [3.8, 4) is 0 Å². The van der Waals surface area contributed by atoms with Crippen molar-refractivity contribution in [2.45, 2.75) is 37.0 Å². The van der Waals surface area contributed by atoms with Crippen molar-refractivity contribution in [2.75, 3.05) is 11.5 Å². The Kier molecular flexibility index (Phi) is 11.7. The molecule has 0 rings (SSSR count). The largest absolute Gasteiger partial charge is 0.481 e. The third kappa shape index (κ3) is 10.00. The van der Waals surface area contributed by atoms with E-state index in [2.05, 4.69) is 35.9 Å². The Balaban J connectivity index is 5.02. The number of aliphatic carboxylic acids is 2. The molecule has 0 aromatic rings. The normalized spacial score (nSPS) is 14.6. The van der Waals surface area contributed by atoms with Crippen LogP contribution in [0.3, 0.4) is 0 Å². The topological polar surface area (TPSA) is 231 Å². The Morgan fingerprint density at radius 2 is 1.17 bits per heavy atom. The molecule has 0 saturated heterocycles. The third-order valence-corrected chi connectivity index (χ3v) is 4.11. The van der Waals surface area contributed by atoms with E-state index in [-0.39, 0.29) is 11.5 Å². The maximum absolute atomic E-state index is 12.3. The Morgan fingerprint density at radius 1 is 0.759 bits per heavy atom. The molecule has 164 valence electrons. The van der Waals surface area contributed by atoms with Crippen molar-refractivity contribution in [1.29, 1.82) is 0 Å². The van der Waals surface area contributed by atoms with Gasteiger partial charge in [-0.25, -0.2) is 4.79 Å². The van der Waals surface area contributed by atoms with Crippen LogP contribution in [0.4, 0.5) is 0 Å². The number of hydrogen-bond donors (Lipinski definition) is 9. The van der Waals surface area contributed by atoms with E-state index in [0.717, 1.165) is 0 Å². The lowest BCUT2D eigenvalue weighted by Gasteiger charge is -2.23. The summed E-state index contributed by atoms with van der Waals surface area (Å²) in [6.45, 7) is 0. The van der Waals surface area contributed by atoms with Gasteiger partial charge in [0.2, 0.25) is 23.6 Å². The van der Waals surface area contributed by atoms with Crippen LogP contribution in [-0.2, 0) is 28.8 Å². The van der Waals surface area contributed by atoms with Crippen LogP contribution in [0.1, 0.15) is 12.8 Å². The molecule has 0 aliphatic rings. The molecule has 29 heavy (non-hydrogen) atoms. The number of carboxylic acids is 2. The van der Waals surface area contributed by atoms with Crippen molar-refractivity contribution in [3.05, 3.63) is 0 Å². The third-order valence-electron chi connectivity index (χ3n) is 3.38. The van der Waals surface area contributed by atoms with Crippen LogP contribution >= 0.6 is 25.3 Å². The first-order chi connectivity index (χ1) is 13.4. The highest BCUT2D eigenvalue weighted by Gasteiger charge is 2.30. The summed E-state index contributed by atoms with van der Waals surface area (Å²) in [6, 6.07) is -5.58. The summed E-state index contributed by atoms with van der Waals surface area (Å²) in [7, 11) is 0. The van der Waals surface area contributed by atoms with Gasteiger partial charge in [0.15, 0.2) is 0 Å². The molecule has 15 heteroatoms. The van der Waals surface area contributed by atoms with Crippen molar-refractivity contribution in [2.24, 2.45) is 11.5 Å². The summed E-state index contributed by atoms with van der Waals surface area (Å²) in [5.74, 6) is -7.00. The molecule has 0 aromatic heterocycles. The van der Waals surface area contributed by atoms with Gasteiger partial charge in [0, 0.05) is 11.5 Å². The molecule has 0 bridgehead atoms. The summed E-state index contributed by atoms with van der Waals surface area (Å²) in [6.07, 6.45) is -1.32. The fourth-order valence-electron chi connectivity index (χ4n) is 1.90. The van der Waals surface area contributed by atoms with E-state index in [1.54, 1.807) is 0 Å². The lowest BCUT2D eigenvalue weighted by atomic mass is 10.1. The summed E-state index contributed by atoms with van der Waals surface area (Å²) in [5.41, 5.74) is 10.4. The molecule has 0 aliphatic heterocycles. The highest BCUT2D eigenvalue weighted by Crippen LogP contribution is 1.99. The van der Waals surface area contributed by atoms with Crippen LogP contribution in [0.5, 0.6) is 0 Å². The monoisotopic (exact) mass is 453 g/mol. The molecule has 4 amide bonds. The average molecular weight is 453 g/mol. The number of primary amides is 1. The van der Waals surface area contributed by atoms with Gasteiger partial charge in [0.1, 0.15) is 18.1 Å². The minimum Gasteiger partial charge on any atom is -0.481 e. The number of rotatable bonds is 13. The van der Waals surface area contributed by atoms with E-state index in [1.165, 1.54) is 0 Å². The fourth-order valence-corrected chi connectivity index (χ4v) is 2.41. The van der Waals surface area contributed by atoms with Gasteiger partial charge in [-0.3, -0.25) is 24.0 Å². The first kappa shape index (κ1) is 26.5. The van der Waals surface area contributed by atoms with Gasteiger partial charge in [-0.05, 0) is 0 Å². The Bertz CT molecular complexity index is 662. The van der Waals surface area contributed by atoms with E-state index in [4.69, 9.17) is 21.7 Å². The van der Waals surface area contributed by atoms with E-state index in [0.29, 0.717) is 0 Å². The van der Waals surface area contributed by atoms with Crippen LogP contribution < -0.4 is 27.4 Å². The van der Waals surface area contributed by atoms with Crippen LogP contribution in [0.25, 0.3) is 0 Å². The molecule has 13 nitrogen and oxygen atoms in total. The SMILES string of the molecule is NC(=O)CC(N)C(=O)NC(CS)C(=O)NC(CS)C(=O)NC(CC(=O)O)C(=O)O. The highest BCUT2D eigenvalue weighted by atomic mass is 32.1. The second-order valence-electron chi connectivity index (χ2n) is 5.76. The van der Waals surface area contributed by atoms with Crippen molar-refractivity contribution in [1.82, 2.24) is 16.0 Å². The minimum absolute atomic E-state index is 0.196. The second kappa shape index (κ2) is 12.8. The number of carbonyl (C=O) groups excluding carboxylic acids is 4. The number of nitrogens with two attached hydrogens (primary N) is 2. The second-order valence-corrected chi connectivity index (χ2v) is 6.49. The molecule has 4 atom stereocenters. The average Bonchev–Trinajstić information content (AvgIpc) is 2.61. The summed E-state index contributed by atoms with van der Waals surface area (Å²) < 4.78 is 0. The Morgan fingerprint density at radius 3 is 1.52 bits per heavy atom. The molecule has 0 spiro atoms. The highest BCUT2D eigenvalue weighted by molar-refractivity contribution is 7.80. The number of hydrogen-bond acceptors (Lipinski definition) is 9. The van der Waals surface area contributed by atoms with Crippen LogP contribution in [0.2, 0.25) is 0 Å². The van der Waals surface area contributed by atoms with Gasteiger partial charge in [-0.2, -0.15) is 25.3 Å². The predicted molar refractivity (Wildman–Crippen MR) is 105 cm³/mol. The van der Waals surface area contributed by atoms with E-state index in [1.807, 2.05) is 5.32 Å². The molecule has 0 aromatic carbocycles. The van der Waals surface area contributed by atoms with Gasteiger partial charge < -0.3 is 37.6 Å². The molecule has 9 N–H and O–H groups in total. The summed E-state index contributed by atoms with van der Waals surface area (Å²) >= 11 is 7.82. The fraction of sp³-hybridized carbons (Fsp3) is 0.571. The van der Waals surface area contributed by atoms with Gasteiger partial charge in [0.25, 0.3) is 0 Å². The summed E-state index contributed by atoms with van der Waals surface area (Å²) in [4.78, 5) is 68.9. The zero-order valence-corrected chi connectivity index (χ0v) is 16.8. The first-order valence-electron chi connectivity index (χ1n) is 8.04. The molecular formula is C14H23N5O8S2.